The Kier molecular flexibility index (Phi) is 6.22. The van der Waals surface area contributed by atoms with E-state index in [2.05, 4.69) is 12.2 Å². The molecule has 0 spiro atoms. The van der Waals surface area contributed by atoms with Crippen molar-refractivity contribution >= 4 is 0 Å². The summed E-state index contributed by atoms with van der Waals surface area (Å²) >= 11 is 0. The van der Waals surface area contributed by atoms with Crippen molar-refractivity contribution in [1.29, 1.82) is 0 Å². The third kappa shape index (κ3) is 4.49. The molecule has 1 aliphatic rings. The van der Waals surface area contributed by atoms with Gasteiger partial charge in [-0.1, -0.05) is 12.8 Å². The Morgan fingerprint density at radius 2 is 2.00 bits per heavy atom. The molecule has 3 unspecified atom stereocenters. The Bertz CT molecular complexity index is 164. The molecular formula is C12H26N2O. The maximum absolute atomic E-state index is 5.80. The van der Waals surface area contributed by atoms with Crippen molar-refractivity contribution in [2.75, 3.05) is 26.7 Å². The third-order valence-corrected chi connectivity index (χ3v) is 3.61. The summed E-state index contributed by atoms with van der Waals surface area (Å²) in [6, 6.07) is 0. The molecule has 0 amide bonds. The number of nitrogens with one attached hydrogen (secondary N) is 1. The first kappa shape index (κ1) is 12.9. The molecule has 0 aromatic carbocycles. The first-order chi connectivity index (χ1) is 7.27. The maximum atomic E-state index is 5.80. The Morgan fingerprint density at radius 3 is 2.60 bits per heavy atom. The number of ether oxygens (including phenoxy) is 1. The minimum atomic E-state index is 0.310. The molecule has 15 heavy (non-hydrogen) atoms. The lowest BCUT2D eigenvalue weighted by Gasteiger charge is -2.31. The number of hydrogen-bond donors (Lipinski definition) is 2. The molecule has 0 aromatic rings. The Hall–Kier alpha value is -0.120. The van der Waals surface area contributed by atoms with E-state index in [1.165, 1.54) is 25.7 Å². The first-order valence-electron chi connectivity index (χ1n) is 6.21. The van der Waals surface area contributed by atoms with Crippen molar-refractivity contribution in [3.05, 3.63) is 0 Å². The second-order valence-electron chi connectivity index (χ2n) is 4.74. The standard InChI is InChI=1S/C12H26N2O/c1-10(15-2)8-14-9-12-6-4-3-5-11(12)7-13/h10-12,14H,3-9,13H2,1-2H3. The van der Waals surface area contributed by atoms with E-state index in [1.54, 1.807) is 7.11 Å². The van der Waals surface area contributed by atoms with Gasteiger partial charge in [0.1, 0.15) is 0 Å². The summed E-state index contributed by atoms with van der Waals surface area (Å²) in [4.78, 5) is 0. The lowest BCUT2D eigenvalue weighted by Crippen LogP contribution is -2.37. The van der Waals surface area contributed by atoms with Gasteiger partial charge in [-0.3, -0.25) is 0 Å². The summed E-state index contributed by atoms with van der Waals surface area (Å²) in [5.41, 5.74) is 5.80. The Morgan fingerprint density at radius 1 is 1.33 bits per heavy atom. The van der Waals surface area contributed by atoms with Crippen LogP contribution < -0.4 is 11.1 Å². The van der Waals surface area contributed by atoms with Crippen LogP contribution in [0.1, 0.15) is 32.6 Å². The van der Waals surface area contributed by atoms with Crippen LogP contribution >= 0.6 is 0 Å². The van der Waals surface area contributed by atoms with Crippen molar-refractivity contribution in [2.45, 2.75) is 38.7 Å². The van der Waals surface area contributed by atoms with Crippen LogP contribution in [0.4, 0.5) is 0 Å². The van der Waals surface area contributed by atoms with Gasteiger partial charge in [0.2, 0.25) is 0 Å². The second kappa shape index (κ2) is 7.20. The predicted molar refractivity (Wildman–Crippen MR) is 63.8 cm³/mol. The number of nitrogens with two attached hydrogens (primary N) is 1. The van der Waals surface area contributed by atoms with E-state index in [0.29, 0.717) is 6.10 Å². The summed E-state index contributed by atoms with van der Waals surface area (Å²) in [5, 5.41) is 3.49. The van der Waals surface area contributed by atoms with Gasteiger partial charge < -0.3 is 15.8 Å². The van der Waals surface area contributed by atoms with Crippen molar-refractivity contribution < 1.29 is 4.74 Å². The van der Waals surface area contributed by atoms with Gasteiger partial charge in [-0.25, -0.2) is 0 Å². The van der Waals surface area contributed by atoms with Gasteiger partial charge in [0.25, 0.3) is 0 Å². The average Bonchev–Trinajstić information content (AvgIpc) is 2.29. The minimum absolute atomic E-state index is 0.310. The van der Waals surface area contributed by atoms with Crippen LogP contribution in [0.25, 0.3) is 0 Å². The lowest BCUT2D eigenvalue weighted by atomic mass is 9.79. The molecule has 3 N–H and O–H groups in total. The third-order valence-electron chi connectivity index (χ3n) is 3.61. The topological polar surface area (TPSA) is 47.3 Å². The highest BCUT2D eigenvalue weighted by atomic mass is 16.5. The molecule has 3 nitrogen and oxygen atoms in total. The summed E-state index contributed by atoms with van der Waals surface area (Å²) in [5.74, 6) is 1.52. The van der Waals surface area contributed by atoms with E-state index in [9.17, 15) is 0 Å². The fourth-order valence-corrected chi connectivity index (χ4v) is 2.42. The summed E-state index contributed by atoms with van der Waals surface area (Å²) in [6.45, 7) is 5.00. The first-order valence-corrected chi connectivity index (χ1v) is 6.21. The maximum Gasteiger partial charge on any atom is 0.0667 e. The van der Waals surface area contributed by atoms with E-state index < -0.39 is 0 Å². The lowest BCUT2D eigenvalue weighted by molar-refractivity contribution is 0.113. The molecule has 0 bridgehead atoms. The van der Waals surface area contributed by atoms with Crippen LogP contribution in [0, 0.1) is 11.8 Å². The summed E-state index contributed by atoms with van der Waals surface area (Å²) < 4.78 is 5.21. The van der Waals surface area contributed by atoms with Gasteiger partial charge in [-0.05, 0) is 44.7 Å². The molecule has 0 saturated heterocycles. The molecule has 0 aromatic heterocycles. The Labute approximate surface area is 93.8 Å². The zero-order valence-corrected chi connectivity index (χ0v) is 10.2. The molecule has 1 saturated carbocycles. The van der Waals surface area contributed by atoms with E-state index >= 15 is 0 Å². The highest BCUT2D eigenvalue weighted by Gasteiger charge is 2.23. The van der Waals surface area contributed by atoms with Crippen molar-refractivity contribution in [2.24, 2.45) is 17.6 Å². The van der Waals surface area contributed by atoms with Crippen LogP contribution in [0.15, 0.2) is 0 Å². The fourth-order valence-electron chi connectivity index (χ4n) is 2.42. The predicted octanol–water partition coefficient (Wildman–Crippen LogP) is 1.38. The number of methoxy groups -OCH3 is 1. The highest BCUT2D eigenvalue weighted by molar-refractivity contribution is 4.77. The summed E-state index contributed by atoms with van der Waals surface area (Å²) in [7, 11) is 1.76. The molecule has 1 aliphatic carbocycles. The van der Waals surface area contributed by atoms with E-state index in [4.69, 9.17) is 10.5 Å². The van der Waals surface area contributed by atoms with Gasteiger partial charge in [0.15, 0.2) is 0 Å². The van der Waals surface area contributed by atoms with Crippen molar-refractivity contribution in [3.8, 4) is 0 Å². The van der Waals surface area contributed by atoms with Crippen LogP contribution in [0.3, 0.4) is 0 Å². The van der Waals surface area contributed by atoms with E-state index in [1.807, 2.05) is 0 Å². The molecule has 1 fully saturated rings. The van der Waals surface area contributed by atoms with Gasteiger partial charge in [-0.15, -0.1) is 0 Å². The van der Waals surface area contributed by atoms with Crippen molar-refractivity contribution in [3.63, 3.8) is 0 Å². The molecule has 0 heterocycles. The van der Waals surface area contributed by atoms with Gasteiger partial charge in [-0.2, -0.15) is 0 Å². The molecule has 90 valence electrons. The fraction of sp³-hybridized carbons (Fsp3) is 1.00. The average molecular weight is 214 g/mol. The summed E-state index contributed by atoms with van der Waals surface area (Å²) in [6.07, 6.45) is 5.72. The SMILES string of the molecule is COC(C)CNCC1CCCCC1CN. The molecule has 0 radical (unpaired) electrons. The van der Waals surface area contributed by atoms with Crippen LogP contribution in [0.2, 0.25) is 0 Å². The van der Waals surface area contributed by atoms with Gasteiger partial charge in [0, 0.05) is 13.7 Å². The van der Waals surface area contributed by atoms with E-state index in [0.717, 1.165) is 31.5 Å². The number of hydrogen-bond acceptors (Lipinski definition) is 3. The molecule has 3 heteroatoms. The zero-order valence-electron chi connectivity index (χ0n) is 10.2. The highest BCUT2D eigenvalue weighted by Crippen LogP contribution is 2.28. The van der Waals surface area contributed by atoms with Crippen LogP contribution in [-0.4, -0.2) is 32.8 Å². The minimum Gasteiger partial charge on any atom is -0.380 e. The zero-order chi connectivity index (χ0) is 11.1. The largest absolute Gasteiger partial charge is 0.380 e. The van der Waals surface area contributed by atoms with Crippen molar-refractivity contribution in [1.82, 2.24) is 5.32 Å². The quantitative estimate of drug-likeness (QED) is 0.702. The van der Waals surface area contributed by atoms with Gasteiger partial charge >= 0.3 is 0 Å². The normalized spacial score (nSPS) is 29.0. The molecule has 3 atom stereocenters. The second-order valence-corrected chi connectivity index (χ2v) is 4.74. The monoisotopic (exact) mass is 214 g/mol. The smallest absolute Gasteiger partial charge is 0.0667 e. The van der Waals surface area contributed by atoms with Crippen LogP contribution in [-0.2, 0) is 4.74 Å². The molecule has 1 rings (SSSR count). The molecule has 0 aliphatic heterocycles. The molecular weight excluding hydrogens is 188 g/mol. The van der Waals surface area contributed by atoms with Crippen LogP contribution in [0.5, 0.6) is 0 Å². The number of rotatable bonds is 6. The van der Waals surface area contributed by atoms with E-state index in [-0.39, 0.29) is 0 Å². The van der Waals surface area contributed by atoms with Gasteiger partial charge in [0.05, 0.1) is 6.10 Å². The Balaban J connectivity index is 2.17.